The third-order valence-corrected chi connectivity index (χ3v) is 2.45. The predicted molar refractivity (Wildman–Crippen MR) is 60.1 cm³/mol. The number of aliphatic hydroxyl groups is 3. The maximum Gasteiger partial charge on any atom is 0.292 e. The zero-order chi connectivity index (χ0) is 13.9. The van der Waals surface area contributed by atoms with Crippen LogP contribution in [0.1, 0.15) is 18.1 Å². The average Bonchev–Trinajstić information content (AvgIpc) is 2.28. The maximum absolute atomic E-state index is 13.5. The summed E-state index contributed by atoms with van der Waals surface area (Å²) >= 11 is 0. The number of nitrogen functional groups attached to an aromatic ring is 1. The number of nitro benzene ring substituents is 1. The van der Waals surface area contributed by atoms with Crippen LogP contribution in [0.4, 0.5) is 15.8 Å². The predicted octanol–water partition coefficient (Wildman–Crippen LogP) is 0.0928. The van der Waals surface area contributed by atoms with Gasteiger partial charge in [0, 0.05) is 24.3 Å². The molecule has 0 heterocycles. The van der Waals surface area contributed by atoms with Crippen LogP contribution in [0.5, 0.6) is 0 Å². The van der Waals surface area contributed by atoms with Gasteiger partial charge in [-0.05, 0) is 6.42 Å². The second-order valence-corrected chi connectivity index (χ2v) is 3.71. The van der Waals surface area contributed by atoms with Gasteiger partial charge in [-0.25, -0.2) is 4.39 Å². The van der Waals surface area contributed by atoms with Crippen LogP contribution in [-0.4, -0.2) is 33.0 Å². The topological polar surface area (TPSA) is 130 Å². The fourth-order valence-electron chi connectivity index (χ4n) is 1.48. The minimum Gasteiger partial charge on any atom is -0.396 e. The molecule has 0 saturated carbocycles. The van der Waals surface area contributed by atoms with Crippen molar-refractivity contribution in [3.05, 3.63) is 33.6 Å². The van der Waals surface area contributed by atoms with Crippen LogP contribution in [-0.2, 0) is 0 Å². The Morgan fingerprint density at radius 3 is 2.56 bits per heavy atom. The molecule has 18 heavy (non-hydrogen) atoms. The quantitative estimate of drug-likeness (QED) is 0.337. The fraction of sp³-hybridized carbons (Fsp3) is 0.400. The molecule has 1 aromatic rings. The van der Waals surface area contributed by atoms with E-state index in [0.717, 1.165) is 6.07 Å². The van der Waals surface area contributed by atoms with Gasteiger partial charge in [0.05, 0.1) is 11.0 Å². The smallest absolute Gasteiger partial charge is 0.292 e. The molecule has 0 bridgehead atoms. The first-order valence-corrected chi connectivity index (χ1v) is 5.08. The van der Waals surface area contributed by atoms with Crippen molar-refractivity contribution in [1.82, 2.24) is 0 Å². The lowest BCUT2D eigenvalue weighted by Crippen LogP contribution is -2.20. The molecule has 0 saturated heterocycles. The van der Waals surface area contributed by atoms with Crippen molar-refractivity contribution < 1.29 is 24.6 Å². The summed E-state index contributed by atoms with van der Waals surface area (Å²) in [6, 6.07) is 1.48. The molecule has 0 radical (unpaired) electrons. The number of nitrogens with zero attached hydrogens (tertiary/aromatic N) is 1. The molecule has 100 valence electrons. The van der Waals surface area contributed by atoms with E-state index >= 15 is 0 Å². The molecule has 0 aromatic heterocycles. The zero-order valence-corrected chi connectivity index (χ0v) is 9.28. The van der Waals surface area contributed by atoms with E-state index in [9.17, 15) is 24.7 Å². The van der Waals surface area contributed by atoms with Gasteiger partial charge in [0.1, 0.15) is 17.6 Å². The number of anilines is 1. The Kier molecular flexibility index (Phi) is 4.54. The van der Waals surface area contributed by atoms with Crippen LogP contribution in [0, 0.1) is 15.9 Å². The fourth-order valence-corrected chi connectivity index (χ4v) is 1.48. The van der Waals surface area contributed by atoms with Crippen molar-refractivity contribution in [2.24, 2.45) is 0 Å². The van der Waals surface area contributed by atoms with Crippen molar-refractivity contribution in [3.63, 3.8) is 0 Å². The number of halogens is 1. The summed E-state index contributed by atoms with van der Waals surface area (Å²) in [6.45, 7) is -0.406. The van der Waals surface area contributed by atoms with Gasteiger partial charge in [-0.1, -0.05) is 0 Å². The van der Waals surface area contributed by atoms with E-state index < -0.39 is 40.8 Å². The van der Waals surface area contributed by atoms with Crippen LogP contribution < -0.4 is 5.73 Å². The first-order chi connectivity index (χ1) is 8.38. The third kappa shape index (κ3) is 2.92. The summed E-state index contributed by atoms with van der Waals surface area (Å²) in [6.07, 6.45) is -3.28. The normalized spacial score (nSPS) is 14.2. The number of rotatable bonds is 5. The highest BCUT2D eigenvalue weighted by atomic mass is 19.1. The minimum atomic E-state index is -1.67. The number of hydrogen-bond acceptors (Lipinski definition) is 6. The monoisotopic (exact) mass is 260 g/mol. The maximum atomic E-state index is 13.5. The first-order valence-electron chi connectivity index (χ1n) is 5.08. The van der Waals surface area contributed by atoms with Crippen molar-refractivity contribution in [2.45, 2.75) is 18.6 Å². The Hall–Kier alpha value is -1.77. The van der Waals surface area contributed by atoms with Crippen molar-refractivity contribution in [2.75, 3.05) is 12.3 Å². The van der Waals surface area contributed by atoms with Gasteiger partial charge in [0.25, 0.3) is 5.69 Å². The van der Waals surface area contributed by atoms with Gasteiger partial charge in [-0.2, -0.15) is 0 Å². The summed E-state index contributed by atoms with van der Waals surface area (Å²) < 4.78 is 13.5. The second-order valence-electron chi connectivity index (χ2n) is 3.71. The molecule has 0 fully saturated rings. The van der Waals surface area contributed by atoms with Gasteiger partial charge < -0.3 is 21.1 Å². The number of nitrogens with two attached hydrogens (primary N) is 1. The molecule has 1 aromatic carbocycles. The summed E-state index contributed by atoms with van der Waals surface area (Å²) in [5.74, 6) is -0.956. The standard InChI is InChI=1S/C10H13FN2O5/c11-6-4-7(12)8(13(17)18)3-5(6)10(16)9(15)1-2-14/h3-4,9-10,14-16H,1-2,12H2. The Balaban J connectivity index is 3.15. The van der Waals surface area contributed by atoms with Gasteiger partial charge in [0.15, 0.2) is 0 Å². The molecule has 7 nitrogen and oxygen atoms in total. The molecule has 2 unspecified atom stereocenters. The Labute approximate surface area is 101 Å². The highest BCUT2D eigenvalue weighted by Crippen LogP contribution is 2.30. The number of nitro groups is 1. The second kappa shape index (κ2) is 5.71. The van der Waals surface area contributed by atoms with E-state index in [0.29, 0.717) is 6.07 Å². The van der Waals surface area contributed by atoms with Crippen LogP contribution in [0.2, 0.25) is 0 Å². The van der Waals surface area contributed by atoms with E-state index in [1.165, 1.54) is 0 Å². The van der Waals surface area contributed by atoms with Gasteiger partial charge >= 0.3 is 0 Å². The molecule has 0 aliphatic carbocycles. The molecular weight excluding hydrogens is 247 g/mol. The number of hydrogen-bond donors (Lipinski definition) is 4. The van der Waals surface area contributed by atoms with Gasteiger partial charge in [-0.15, -0.1) is 0 Å². The lowest BCUT2D eigenvalue weighted by molar-refractivity contribution is -0.384. The lowest BCUT2D eigenvalue weighted by Gasteiger charge is -2.17. The van der Waals surface area contributed by atoms with Gasteiger partial charge in [0.2, 0.25) is 0 Å². The Morgan fingerprint density at radius 2 is 2.06 bits per heavy atom. The van der Waals surface area contributed by atoms with Crippen molar-refractivity contribution >= 4 is 11.4 Å². The third-order valence-electron chi connectivity index (χ3n) is 2.45. The van der Waals surface area contributed by atoms with Crippen LogP contribution in [0.15, 0.2) is 12.1 Å². The zero-order valence-electron chi connectivity index (χ0n) is 9.28. The van der Waals surface area contributed by atoms with Gasteiger partial charge in [-0.3, -0.25) is 10.1 Å². The summed E-state index contributed by atoms with van der Waals surface area (Å²) in [7, 11) is 0. The summed E-state index contributed by atoms with van der Waals surface area (Å²) in [5, 5.41) is 38.3. The molecule has 5 N–H and O–H groups in total. The average molecular weight is 260 g/mol. The molecule has 0 spiro atoms. The van der Waals surface area contributed by atoms with Crippen LogP contribution in [0.3, 0.4) is 0 Å². The van der Waals surface area contributed by atoms with E-state index in [2.05, 4.69) is 0 Å². The lowest BCUT2D eigenvalue weighted by atomic mass is 10.0. The molecule has 0 amide bonds. The highest BCUT2D eigenvalue weighted by molar-refractivity contribution is 5.60. The van der Waals surface area contributed by atoms with E-state index in [4.69, 9.17) is 10.8 Å². The summed E-state index contributed by atoms with van der Waals surface area (Å²) in [4.78, 5) is 9.81. The van der Waals surface area contributed by atoms with Crippen LogP contribution in [0.25, 0.3) is 0 Å². The first kappa shape index (κ1) is 14.3. The SMILES string of the molecule is Nc1cc(F)c(C(O)C(O)CCO)cc1[N+](=O)[O-]. The Bertz CT molecular complexity index is 454. The van der Waals surface area contributed by atoms with Crippen molar-refractivity contribution in [1.29, 1.82) is 0 Å². The molecule has 1 rings (SSSR count). The molecule has 2 atom stereocenters. The minimum absolute atomic E-state index is 0.182. The van der Waals surface area contributed by atoms with Crippen LogP contribution >= 0.6 is 0 Å². The van der Waals surface area contributed by atoms with E-state index in [1.54, 1.807) is 0 Å². The number of benzene rings is 1. The van der Waals surface area contributed by atoms with Crippen molar-refractivity contribution in [3.8, 4) is 0 Å². The molecule has 0 aliphatic heterocycles. The molecular formula is C10H13FN2O5. The van der Waals surface area contributed by atoms with E-state index in [-0.39, 0.29) is 12.1 Å². The summed E-state index contributed by atoms with van der Waals surface area (Å²) in [5.41, 5.74) is 3.90. The highest BCUT2D eigenvalue weighted by Gasteiger charge is 2.25. The number of aliphatic hydroxyl groups excluding tert-OH is 3. The largest absolute Gasteiger partial charge is 0.396 e. The van der Waals surface area contributed by atoms with E-state index in [1.807, 2.05) is 0 Å². The molecule has 0 aliphatic rings. The molecule has 8 heteroatoms. The Morgan fingerprint density at radius 1 is 1.44 bits per heavy atom.